The van der Waals surface area contributed by atoms with Gasteiger partial charge in [0.25, 0.3) is 0 Å². The fourth-order valence-electron chi connectivity index (χ4n) is 3.89. The number of halogens is 1. The van der Waals surface area contributed by atoms with Crippen LogP contribution in [0.15, 0.2) is 0 Å². The molecule has 2 rings (SSSR count). The van der Waals surface area contributed by atoms with E-state index in [1.165, 1.54) is 44.9 Å². The maximum Gasteiger partial charge on any atom is 0.0906 e. The standard InChI is InChI=1S/C16H31FN2/c1-2-7-15-12-18-16(13-19(15)11-6-10-17)14-8-4-3-5-9-14/h14-16,18H,2-13H2,1H3. The molecule has 3 heteroatoms. The molecule has 19 heavy (non-hydrogen) atoms. The zero-order valence-electron chi connectivity index (χ0n) is 12.5. The Morgan fingerprint density at radius 3 is 2.68 bits per heavy atom. The molecule has 1 saturated carbocycles. The van der Waals surface area contributed by atoms with E-state index < -0.39 is 0 Å². The van der Waals surface area contributed by atoms with Gasteiger partial charge in [-0.2, -0.15) is 0 Å². The van der Waals surface area contributed by atoms with Crippen molar-refractivity contribution in [2.45, 2.75) is 70.4 Å². The van der Waals surface area contributed by atoms with Gasteiger partial charge in [0.05, 0.1) is 6.67 Å². The molecule has 0 aromatic carbocycles. The Kier molecular flexibility index (Phi) is 6.58. The summed E-state index contributed by atoms with van der Waals surface area (Å²) in [4.78, 5) is 2.57. The van der Waals surface area contributed by atoms with Crippen LogP contribution in [0.1, 0.15) is 58.3 Å². The Bertz CT molecular complexity index is 241. The number of piperazine rings is 1. The monoisotopic (exact) mass is 270 g/mol. The highest BCUT2D eigenvalue weighted by atomic mass is 19.1. The second-order valence-corrected chi connectivity index (χ2v) is 6.39. The van der Waals surface area contributed by atoms with Crippen molar-refractivity contribution in [2.24, 2.45) is 5.92 Å². The quantitative estimate of drug-likeness (QED) is 0.796. The molecular formula is C16H31FN2. The smallest absolute Gasteiger partial charge is 0.0906 e. The molecule has 0 aromatic heterocycles. The van der Waals surface area contributed by atoms with Gasteiger partial charge in [-0.3, -0.25) is 9.29 Å². The number of hydrogen-bond acceptors (Lipinski definition) is 2. The third kappa shape index (κ3) is 4.42. The highest BCUT2D eigenvalue weighted by Crippen LogP contribution is 2.28. The Morgan fingerprint density at radius 2 is 2.00 bits per heavy atom. The Hall–Kier alpha value is -0.150. The predicted octanol–water partition coefficient (Wildman–Crippen LogP) is 3.37. The molecule has 1 heterocycles. The molecule has 0 aromatic rings. The molecule has 1 aliphatic carbocycles. The number of nitrogens with one attached hydrogen (secondary N) is 1. The average Bonchev–Trinajstić information content (AvgIpc) is 2.47. The summed E-state index contributed by atoms with van der Waals surface area (Å²) in [5.74, 6) is 0.865. The number of rotatable bonds is 6. The van der Waals surface area contributed by atoms with Gasteiger partial charge in [0.1, 0.15) is 0 Å². The minimum atomic E-state index is -0.170. The van der Waals surface area contributed by atoms with Crippen LogP contribution in [0.4, 0.5) is 4.39 Å². The topological polar surface area (TPSA) is 15.3 Å². The van der Waals surface area contributed by atoms with E-state index in [-0.39, 0.29) is 6.67 Å². The lowest BCUT2D eigenvalue weighted by Gasteiger charge is -2.44. The molecule has 2 unspecified atom stereocenters. The third-order valence-corrected chi connectivity index (χ3v) is 4.98. The lowest BCUT2D eigenvalue weighted by Crippen LogP contribution is -2.59. The zero-order valence-corrected chi connectivity index (χ0v) is 12.5. The second-order valence-electron chi connectivity index (χ2n) is 6.39. The number of hydrogen-bond donors (Lipinski definition) is 1. The highest BCUT2D eigenvalue weighted by Gasteiger charge is 2.31. The van der Waals surface area contributed by atoms with Gasteiger partial charge < -0.3 is 5.32 Å². The van der Waals surface area contributed by atoms with Crippen molar-refractivity contribution in [1.29, 1.82) is 0 Å². The van der Waals surface area contributed by atoms with Crippen LogP contribution in [-0.2, 0) is 0 Å². The zero-order chi connectivity index (χ0) is 13.5. The third-order valence-electron chi connectivity index (χ3n) is 4.98. The first-order valence-corrected chi connectivity index (χ1v) is 8.38. The summed E-state index contributed by atoms with van der Waals surface area (Å²) in [6.45, 7) is 5.29. The molecule has 2 atom stereocenters. The van der Waals surface area contributed by atoms with Crippen LogP contribution in [0.25, 0.3) is 0 Å². The number of nitrogens with zero attached hydrogens (tertiary/aromatic N) is 1. The molecule has 1 N–H and O–H groups in total. The van der Waals surface area contributed by atoms with Crippen molar-refractivity contribution in [3.8, 4) is 0 Å². The van der Waals surface area contributed by atoms with Crippen LogP contribution in [0.3, 0.4) is 0 Å². The summed E-state index contributed by atoms with van der Waals surface area (Å²) in [5.41, 5.74) is 0. The van der Waals surface area contributed by atoms with Crippen molar-refractivity contribution in [3.05, 3.63) is 0 Å². The summed E-state index contributed by atoms with van der Waals surface area (Å²) in [5, 5.41) is 3.79. The van der Waals surface area contributed by atoms with Gasteiger partial charge in [-0.05, 0) is 31.6 Å². The largest absolute Gasteiger partial charge is 0.311 e. The first-order valence-electron chi connectivity index (χ1n) is 8.38. The number of alkyl halides is 1. The van der Waals surface area contributed by atoms with Crippen LogP contribution in [-0.4, -0.2) is 43.3 Å². The Morgan fingerprint density at radius 1 is 1.21 bits per heavy atom. The molecule has 1 aliphatic heterocycles. The summed E-state index contributed by atoms with van der Waals surface area (Å²) in [6, 6.07) is 1.30. The minimum Gasteiger partial charge on any atom is -0.311 e. The van der Waals surface area contributed by atoms with Crippen LogP contribution in [0.2, 0.25) is 0 Å². The highest BCUT2D eigenvalue weighted by molar-refractivity contribution is 4.90. The molecule has 112 valence electrons. The van der Waals surface area contributed by atoms with Gasteiger partial charge in [0.15, 0.2) is 0 Å². The minimum absolute atomic E-state index is 0.170. The first kappa shape index (κ1) is 15.2. The van der Waals surface area contributed by atoms with E-state index >= 15 is 0 Å². The van der Waals surface area contributed by atoms with Crippen LogP contribution in [0, 0.1) is 5.92 Å². The van der Waals surface area contributed by atoms with Crippen molar-refractivity contribution in [2.75, 3.05) is 26.3 Å². The van der Waals surface area contributed by atoms with Crippen molar-refractivity contribution < 1.29 is 4.39 Å². The van der Waals surface area contributed by atoms with Crippen molar-refractivity contribution in [3.63, 3.8) is 0 Å². The lowest BCUT2D eigenvalue weighted by atomic mass is 9.82. The molecule has 0 radical (unpaired) electrons. The molecule has 2 fully saturated rings. The van der Waals surface area contributed by atoms with Crippen LogP contribution >= 0.6 is 0 Å². The molecule has 0 bridgehead atoms. The summed E-state index contributed by atoms with van der Waals surface area (Å²) < 4.78 is 12.5. The fraction of sp³-hybridized carbons (Fsp3) is 1.00. The summed E-state index contributed by atoms with van der Waals surface area (Å²) in [7, 11) is 0. The van der Waals surface area contributed by atoms with E-state index in [1.54, 1.807) is 0 Å². The van der Waals surface area contributed by atoms with E-state index in [0.717, 1.165) is 25.6 Å². The molecule has 2 aliphatic rings. The van der Waals surface area contributed by atoms with Gasteiger partial charge in [0.2, 0.25) is 0 Å². The fourth-order valence-corrected chi connectivity index (χ4v) is 3.89. The molecule has 0 spiro atoms. The average molecular weight is 270 g/mol. The molecule has 2 nitrogen and oxygen atoms in total. The second kappa shape index (κ2) is 8.21. The van der Waals surface area contributed by atoms with Crippen molar-refractivity contribution in [1.82, 2.24) is 10.2 Å². The van der Waals surface area contributed by atoms with Crippen LogP contribution in [0.5, 0.6) is 0 Å². The van der Waals surface area contributed by atoms with Gasteiger partial charge in [-0.15, -0.1) is 0 Å². The maximum absolute atomic E-state index is 12.5. The summed E-state index contributed by atoms with van der Waals surface area (Å²) >= 11 is 0. The van der Waals surface area contributed by atoms with E-state index in [2.05, 4.69) is 17.1 Å². The normalized spacial score (nSPS) is 30.6. The van der Waals surface area contributed by atoms with Gasteiger partial charge >= 0.3 is 0 Å². The molecule has 1 saturated heterocycles. The van der Waals surface area contributed by atoms with Crippen LogP contribution < -0.4 is 5.32 Å². The Labute approximate surface area is 118 Å². The van der Waals surface area contributed by atoms with Gasteiger partial charge in [0, 0.05) is 31.7 Å². The van der Waals surface area contributed by atoms with E-state index in [4.69, 9.17) is 0 Å². The predicted molar refractivity (Wildman–Crippen MR) is 79.2 cm³/mol. The SMILES string of the molecule is CCCC1CNC(C2CCCCC2)CN1CCCF. The summed E-state index contributed by atoms with van der Waals surface area (Å²) in [6.07, 6.45) is 10.2. The molecular weight excluding hydrogens is 239 g/mol. The first-order chi connectivity index (χ1) is 9.35. The molecule has 0 amide bonds. The Balaban J connectivity index is 1.87. The van der Waals surface area contributed by atoms with E-state index in [0.29, 0.717) is 18.5 Å². The van der Waals surface area contributed by atoms with Gasteiger partial charge in [-0.1, -0.05) is 32.6 Å². The van der Waals surface area contributed by atoms with Crippen molar-refractivity contribution >= 4 is 0 Å². The maximum atomic E-state index is 12.5. The van der Waals surface area contributed by atoms with E-state index in [1.807, 2.05) is 0 Å². The van der Waals surface area contributed by atoms with Gasteiger partial charge in [-0.25, -0.2) is 0 Å². The lowest BCUT2D eigenvalue weighted by molar-refractivity contribution is 0.0878. The van der Waals surface area contributed by atoms with E-state index in [9.17, 15) is 4.39 Å².